The predicted octanol–water partition coefficient (Wildman–Crippen LogP) is 4.81. The van der Waals surface area contributed by atoms with E-state index >= 15 is 0 Å². The first kappa shape index (κ1) is 20.8. The van der Waals surface area contributed by atoms with Crippen molar-refractivity contribution < 1.29 is 27.8 Å². The standard InChI is InChI=1S/C18H18ClF3N2O3/c1-10(5-6-27-16-11(2)7-13(25)8-14(16)19)17(26)24-15-4-3-12(9-23-15)18(20,21)22/h3-4,7-10,25H,5-6H2,1-2H3,(H,23,24,26). The maximum absolute atomic E-state index is 12.5. The zero-order valence-electron chi connectivity index (χ0n) is 14.6. The number of phenols is 1. The van der Waals surface area contributed by atoms with E-state index in [-0.39, 0.29) is 29.1 Å². The van der Waals surface area contributed by atoms with Crippen molar-refractivity contribution in [1.29, 1.82) is 0 Å². The van der Waals surface area contributed by atoms with E-state index in [0.717, 1.165) is 12.1 Å². The van der Waals surface area contributed by atoms with Crippen LogP contribution in [0.5, 0.6) is 11.5 Å². The molecule has 27 heavy (non-hydrogen) atoms. The number of nitrogens with one attached hydrogen (secondary N) is 1. The van der Waals surface area contributed by atoms with Crippen molar-refractivity contribution in [2.75, 3.05) is 11.9 Å². The maximum Gasteiger partial charge on any atom is 0.417 e. The summed E-state index contributed by atoms with van der Waals surface area (Å²) in [7, 11) is 0. The zero-order valence-corrected chi connectivity index (χ0v) is 15.4. The lowest BCUT2D eigenvalue weighted by atomic mass is 10.1. The molecule has 1 unspecified atom stereocenters. The number of aryl methyl sites for hydroxylation is 1. The number of amides is 1. The molecule has 1 amide bonds. The van der Waals surface area contributed by atoms with Crippen LogP contribution in [0.25, 0.3) is 0 Å². The number of hydrogen-bond acceptors (Lipinski definition) is 4. The number of aromatic nitrogens is 1. The summed E-state index contributed by atoms with van der Waals surface area (Å²) >= 11 is 6.01. The highest BCUT2D eigenvalue weighted by Crippen LogP contribution is 2.32. The first-order valence-corrected chi connectivity index (χ1v) is 8.41. The summed E-state index contributed by atoms with van der Waals surface area (Å²) < 4.78 is 43.1. The molecule has 0 radical (unpaired) electrons. The molecule has 9 heteroatoms. The van der Waals surface area contributed by atoms with E-state index in [1.165, 1.54) is 12.1 Å². The fourth-order valence-corrected chi connectivity index (χ4v) is 2.56. The molecule has 0 saturated heterocycles. The number of aromatic hydroxyl groups is 1. The minimum atomic E-state index is -4.48. The second kappa shape index (κ2) is 8.47. The van der Waals surface area contributed by atoms with Crippen LogP contribution in [0.3, 0.4) is 0 Å². The number of nitrogens with zero attached hydrogens (tertiary/aromatic N) is 1. The van der Waals surface area contributed by atoms with Crippen LogP contribution in [0, 0.1) is 12.8 Å². The molecule has 0 saturated carbocycles. The van der Waals surface area contributed by atoms with Crippen LogP contribution in [-0.4, -0.2) is 22.6 Å². The molecule has 2 aromatic rings. The number of rotatable bonds is 6. The van der Waals surface area contributed by atoms with Gasteiger partial charge in [0.15, 0.2) is 0 Å². The molecule has 0 aliphatic rings. The molecule has 1 aromatic heterocycles. The van der Waals surface area contributed by atoms with Gasteiger partial charge in [-0.15, -0.1) is 0 Å². The van der Waals surface area contributed by atoms with Gasteiger partial charge in [0.25, 0.3) is 0 Å². The average Bonchev–Trinajstić information content (AvgIpc) is 2.56. The molecule has 0 bridgehead atoms. The first-order chi connectivity index (χ1) is 12.6. The topological polar surface area (TPSA) is 71.5 Å². The zero-order chi connectivity index (χ0) is 20.2. The Labute approximate surface area is 159 Å². The minimum Gasteiger partial charge on any atom is -0.508 e. The number of anilines is 1. The predicted molar refractivity (Wildman–Crippen MR) is 95.0 cm³/mol. The Balaban J connectivity index is 1.87. The monoisotopic (exact) mass is 402 g/mol. The van der Waals surface area contributed by atoms with E-state index in [4.69, 9.17) is 16.3 Å². The molecule has 0 spiro atoms. The Hall–Kier alpha value is -2.48. The van der Waals surface area contributed by atoms with Gasteiger partial charge in [0, 0.05) is 18.2 Å². The van der Waals surface area contributed by atoms with Gasteiger partial charge in [0.2, 0.25) is 5.91 Å². The number of carbonyl (C=O) groups excluding carboxylic acids is 1. The molecule has 146 valence electrons. The third-order valence-electron chi connectivity index (χ3n) is 3.80. The average molecular weight is 403 g/mol. The van der Waals surface area contributed by atoms with Gasteiger partial charge in [-0.3, -0.25) is 4.79 Å². The molecule has 1 heterocycles. The number of phenolic OH excluding ortho intramolecular Hbond substituents is 1. The lowest BCUT2D eigenvalue weighted by Gasteiger charge is -2.15. The van der Waals surface area contributed by atoms with Gasteiger partial charge in [-0.05, 0) is 37.1 Å². The Bertz CT molecular complexity index is 787. The number of halogens is 4. The summed E-state index contributed by atoms with van der Waals surface area (Å²) in [6.45, 7) is 3.59. The molecule has 2 N–H and O–H groups in total. The second-order valence-corrected chi connectivity index (χ2v) is 6.44. The van der Waals surface area contributed by atoms with Crippen molar-refractivity contribution in [3.63, 3.8) is 0 Å². The highest BCUT2D eigenvalue weighted by molar-refractivity contribution is 6.32. The summed E-state index contributed by atoms with van der Waals surface area (Å²) in [5, 5.41) is 12.2. The van der Waals surface area contributed by atoms with E-state index in [2.05, 4.69) is 10.3 Å². The summed E-state index contributed by atoms with van der Waals surface area (Å²) in [4.78, 5) is 15.7. The van der Waals surface area contributed by atoms with Crippen molar-refractivity contribution in [3.8, 4) is 11.5 Å². The van der Waals surface area contributed by atoms with E-state index < -0.39 is 17.7 Å². The van der Waals surface area contributed by atoms with Crippen LogP contribution in [0.4, 0.5) is 19.0 Å². The van der Waals surface area contributed by atoms with Crippen molar-refractivity contribution in [3.05, 3.63) is 46.6 Å². The van der Waals surface area contributed by atoms with Crippen molar-refractivity contribution in [2.24, 2.45) is 5.92 Å². The Morgan fingerprint density at radius 2 is 2.07 bits per heavy atom. The van der Waals surface area contributed by atoms with Crippen LogP contribution in [0.1, 0.15) is 24.5 Å². The summed E-state index contributed by atoms with van der Waals surface area (Å²) in [6, 6.07) is 4.82. The highest BCUT2D eigenvalue weighted by Gasteiger charge is 2.30. The van der Waals surface area contributed by atoms with Crippen molar-refractivity contribution in [2.45, 2.75) is 26.4 Å². The van der Waals surface area contributed by atoms with Crippen LogP contribution in [0.2, 0.25) is 5.02 Å². The SMILES string of the molecule is Cc1cc(O)cc(Cl)c1OCCC(C)C(=O)Nc1ccc(C(F)(F)F)cn1. The quantitative estimate of drug-likeness (QED) is 0.727. The number of ether oxygens (including phenoxy) is 1. The van der Waals surface area contributed by atoms with Crippen LogP contribution in [0.15, 0.2) is 30.5 Å². The van der Waals surface area contributed by atoms with Gasteiger partial charge >= 0.3 is 6.18 Å². The fraction of sp³-hybridized carbons (Fsp3) is 0.333. The Morgan fingerprint density at radius 3 is 2.63 bits per heavy atom. The summed E-state index contributed by atoms with van der Waals surface area (Å²) in [5.41, 5.74) is -0.228. The number of carbonyl (C=O) groups is 1. The molecule has 1 aromatic carbocycles. The number of pyridine rings is 1. The van der Waals surface area contributed by atoms with Gasteiger partial charge in [-0.1, -0.05) is 18.5 Å². The fourth-order valence-electron chi connectivity index (χ4n) is 2.25. The Morgan fingerprint density at radius 1 is 1.37 bits per heavy atom. The summed E-state index contributed by atoms with van der Waals surface area (Å²) in [6.07, 6.45) is -3.46. The van der Waals surface area contributed by atoms with Crippen LogP contribution < -0.4 is 10.1 Å². The lowest BCUT2D eigenvalue weighted by Crippen LogP contribution is -2.23. The third kappa shape index (κ3) is 5.75. The van der Waals surface area contributed by atoms with Crippen LogP contribution >= 0.6 is 11.6 Å². The van der Waals surface area contributed by atoms with Gasteiger partial charge in [-0.2, -0.15) is 13.2 Å². The van der Waals surface area contributed by atoms with E-state index in [0.29, 0.717) is 23.9 Å². The second-order valence-electron chi connectivity index (χ2n) is 6.03. The molecule has 0 fully saturated rings. The van der Waals surface area contributed by atoms with Gasteiger partial charge in [0.1, 0.15) is 17.3 Å². The van der Waals surface area contributed by atoms with Crippen LogP contribution in [-0.2, 0) is 11.0 Å². The molecular formula is C18H18ClF3N2O3. The third-order valence-corrected chi connectivity index (χ3v) is 4.08. The minimum absolute atomic E-state index is 0.0293. The van der Waals surface area contributed by atoms with Crippen molar-refractivity contribution >= 4 is 23.3 Å². The lowest BCUT2D eigenvalue weighted by molar-refractivity contribution is -0.137. The number of alkyl halides is 3. The van der Waals surface area contributed by atoms with Gasteiger partial charge < -0.3 is 15.2 Å². The molecule has 0 aliphatic heterocycles. The molecule has 0 aliphatic carbocycles. The smallest absolute Gasteiger partial charge is 0.417 e. The first-order valence-electron chi connectivity index (χ1n) is 8.04. The molecule has 5 nitrogen and oxygen atoms in total. The van der Waals surface area contributed by atoms with Gasteiger partial charge in [0.05, 0.1) is 17.2 Å². The Kier molecular flexibility index (Phi) is 6.54. The number of hydrogen-bond donors (Lipinski definition) is 2. The maximum atomic E-state index is 12.5. The highest BCUT2D eigenvalue weighted by atomic mass is 35.5. The van der Waals surface area contributed by atoms with Gasteiger partial charge in [-0.25, -0.2) is 4.98 Å². The number of benzene rings is 1. The van der Waals surface area contributed by atoms with Crippen molar-refractivity contribution in [1.82, 2.24) is 4.98 Å². The molecule has 2 rings (SSSR count). The molecular weight excluding hydrogens is 385 g/mol. The van der Waals surface area contributed by atoms with E-state index in [9.17, 15) is 23.1 Å². The summed E-state index contributed by atoms with van der Waals surface area (Å²) in [5.74, 6) is -0.365. The normalized spacial score (nSPS) is 12.5. The van der Waals surface area contributed by atoms with E-state index in [1.807, 2.05) is 0 Å². The van der Waals surface area contributed by atoms with E-state index in [1.54, 1.807) is 13.8 Å². The largest absolute Gasteiger partial charge is 0.508 e. The molecule has 1 atom stereocenters.